The zero-order valence-corrected chi connectivity index (χ0v) is 12.8. The van der Waals surface area contributed by atoms with Gasteiger partial charge in [-0.2, -0.15) is 5.26 Å². The van der Waals surface area contributed by atoms with Crippen LogP contribution in [0.5, 0.6) is 0 Å². The summed E-state index contributed by atoms with van der Waals surface area (Å²) in [5.74, 6) is 0. The van der Waals surface area contributed by atoms with E-state index in [-0.39, 0.29) is 0 Å². The summed E-state index contributed by atoms with van der Waals surface area (Å²) < 4.78 is 0. The second kappa shape index (κ2) is 8.00. The number of nitrogens with zero attached hydrogens (tertiary/aromatic N) is 1. The van der Waals surface area contributed by atoms with Crippen molar-refractivity contribution in [2.75, 3.05) is 0 Å². The number of hydrogen-bond donors (Lipinski definition) is 0. The first-order chi connectivity index (χ1) is 10.3. The summed E-state index contributed by atoms with van der Waals surface area (Å²) in [6.45, 7) is 0. The standard InChI is InChI=1S/C12H10.C7H6NP/c1-3-7-11(8-4-1)12-9-5-2-6-10-12;8-5-6-3-1-2-4-7(6)9/h1-10H;1-4H,9H2. The van der Waals surface area contributed by atoms with Crippen LogP contribution in [0.15, 0.2) is 84.9 Å². The molecule has 0 spiro atoms. The minimum atomic E-state index is 0.725. The number of benzene rings is 3. The SMILES string of the molecule is N#Cc1ccccc1P.c1ccc(-c2ccccc2)cc1. The van der Waals surface area contributed by atoms with Crippen molar-refractivity contribution < 1.29 is 0 Å². The van der Waals surface area contributed by atoms with Crippen molar-refractivity contribution in [3.63, 3.8) is 0 Å². The summed E-state index contributed by atoms with van der Waals surface area (Å²) in [6.07, 6.45) is 0. The zero-order valence-electron chi connectivity index (χ0n) is 11.6. The first kappa shape index (κ1) is 15.0. The van der Waals surface area contributed by atoms with Gasteiger partial charge >= 0.3 is 0 Å². The predicted molar refractivity (Wildman–Crippen MR) is 92.4 cm³/mol. The molecule has 0 fully saturated rings. The second-order valence-electron chi connectivity index (χ2n) is 4.43. The molecule has 3 rings (SSSR count). The minimum Gasteiger partial charge on any atom is -0.192 e. The van der Waals surface area contributed by atoms with Crippen molar-refractivity contribution in [3.05, 3.63) is 90.5 Å². The van der Waals surface area contributed by atoms with Gasteiger partial charge in [0.2, 0.25) is 0 Å². The van der Waals surface area contributed by atoms with E-state index in [1.807, 2.05) is 30.3 Å². The molecule has 102 valence electrons. The van der Waals surface area contributed by atoms with Crippen molar-refractivity contribution in [3.8, 4) is 17.2 Å². The van der Waals surface area contributed by atoms with E-state index in [1.54, 1.807) is 6.07 Å². The normalized spacial score (nSPS) is 9.14. The molecule has 21 heavy (non-hydrogen) atoms. The summed E-state index contributed by atoms with van der Waals surface area (Å²) in [4.78, 5) is 0. The maximum atomic E-state index is 8.46. The Morgan fingerprint density at radius 3 is 1.43 bits per heavy atom. The fraction of sp³-hybridized carbons (Fsp3) is 0. The number of hydrogen-bond acceptors (Lipinski definition) is 1. The third-order valence-corrected chi connectivity index (χ3v) is 3.47. The topological polar surface area (TPSA) is 23.8 Å². The molecular formula is C19H16NP. The Hall–Kier alpha value is -2.42. The van der Waals surface area contributed by atoms with Crippen LogP contribution in [0.25, 0.3) is 11.1 Å². The van der Waals surface area contributed by atoms with E-state index in [9.17, 15) is 0 Å². The molecule has 1 nitrogen and oxygen atoms in total. The number of nitriles is 1. The Balaban J connectivity index is 0.000000161. The van der Waals surface area contributed by atoms with Crippen LogP contribution in [0.1, 0.15) is 5.56 Å². The van der Waals surface area contributed by atoms with Gasteiger partial charge in [0.25, 0.3) is 0 Å². The third kappa shape index (κ3) is 4.56. The van der Waals surface area contributed by atoms with Crippen LogP contribution in [-0.4, -0.2) is 0 Å². The molecule has 0 aliphatic rings. The van der Waals surface area contributed by atoms with Crippen LogP contribution >= 0.6 is 9.24 Å². The molecule has 0 aliphatic carbocycles. The molecule has 1 atom stereocenters. The highest BCUT2D eigenvalue weighted by atomic mass is 31.0. The highest BCUT2D eigenvalue weighted by molar-refractivity contribution is 7.27. The van der Waals surface area contributed by atoms with Gasteiger partial charge in [-0.1, -0.05) is 78.9 Å². The Labute approximate surface area is 128 Å². The van der Waals surface area contributed by atoms with Crippen LogP contribution < -0.4 is 5.30 Å². The smallest absolute Gasteiger partial charge is 0.0998 e. The van der Waals surface area contributed by atoms with Gasteiger partial charge in [-0.15, -0.1) is 9.24 Å². The summed E-state index contributed by atoms with van der Waals surface area (Å²) in [7, 11) is 2.51. The van der Waals surface area contributed by atoms with Crippen molar-refractivity contribution in [2.24, 2.45) is 0 Å². The molecule has 0 aliphatic heterocycles. The monoisotopic (exact) mass is 289 g/mol. The zero-order chi connectivity index (χ0) is 14.9. The summed E-state index contributed by atoms with van der Waals surface area (Å²) in [5.41, 5.74) is 3.28. The van der Waals surface area contributed by atoms with E-state index in [1.165, 1.54) is 11.1 Å². The maximum Gasteiger partial charge on any atom is 0.0998 e. The lowest BCUT2D eigenvalue weighted by Crippen LogP contribution is -1.94. The second-order valence-corrected chi connectivity index (χ2v) is 5.05. The lowest BCUT2D eigenvalue weighted by Gasteiger charge is -1.98. The largest absolute Gasteiger partial charge is 0.192 e. The molecule has 0 saturated carbocycles. The van der Waals surface area contributed by atoms with Gasteiger partial charge in [-0.25, -0.2) is 0 Å². The molecule has 0 heterocycles. The van der Waals surface area contributed by atoms with Crippen LogP contribution in [0.2, 0.25) is 0 Å². The van der Waals surface area contributed by atoms with E-state index in [4.69, 9.17) is 5.26 Å². The maximum absolute atomic E-state index is 8.46. The molecule has 0 radical (unpaired) electrons. The average molecular weight is 289 g/mol. The average Bonchev–Trinajstić information content (AvgIpc) is 2.58. The van der Waals surface area contributed by atoms with E-state index in [0.717, 1.165) is 10.9 Å². The summed E-state index contributed by atoms with van der Waals surface area (Å²) >= 11 is 0. The Bertz CT molecular complexity index is 678. The fourth-order valence-corrected chi connectivity index (χ4v) is 2.13. The van der Waals surface area contributed by atoms with Gasteiger partial charge in [-0.05, 0) is 22.5 Å². The van der Waals surface area contributed by atoms with E-state index in [0.29, 0.717) is 0 Å². The van der Waals surface area contributed by atoms with Gasteiger partial charge in [0, 0.05) is 0 Å². The van der Waals surface area contributed by atoms with E-state index < -0.39 is 0 Å². The van der Waals surface area contributed by atoms with Crippen molar-refractivity contribution >= 4 is 14.5 Å². The molecule has 0 N–H and O–H groups in total. The molecule has 0 saturated heterocycles. The Morgan fingerprint density at radius 1 is 0.619 bits per heavy atom. The van der Waals surface area contributed by atoms with Gasteiger partial charge in [0.05, 0.1) is 11.6 Å². The van der Waals surface area contributed by atoms with E-state index in [2.05, 4.69) is 63.8 Å². The lowest BCUT2D eigenvalue weighted by molar-refractivity contribution is 1.50. The van der Waals surface area contributed by atoms with Crippen LogP contribution in [0.4, 0.5) is 0 Å². The molecule has 1 unspecified atom stereocenters. The molecule has 2 heteroatoms. The number of rotatable bonds is 1. The molecule has 0 aromatic heterocycles. The highest BCUT2D eigenvalue weighted by Gasteiger charge is 1.92. The van der Waals surface area contributed by atoms with Crippen molar-refractivity contribution in [1.82, 2.24) is 0 Å². The van der Waals surface area contributed by atoms with Gasteiger partial charge in [0.1, 0.15) is 0 Å². The quantitative estimate of drug-likeness (QED) is 0.609. The predicted octanol–water partition coefficient (Wildman–Crippen LogP) is 4.41. The van der Waals surface area contributed by atoms with Crippen LogP contribution in [-0.2, 0) is 0 Å². The molecular weight excluding hydrogens is 273 g/mol. The molecule has 3 aromatic rings. The van der Waals surface area contributed by atoms with Gasteiger partial charge in [-0.3, -0.25) is 0 Å². The fourth-order valence-electron chi connectivity index (χ4n) is 1.86. The Morgan fingerprint density at radius 2 is 1.05 bits per heavy atom. The van der Waals surface area contributed by atoms with Crippen LogP contribution in [0, 0.1) is 11.3 Å². The minimum absolute atomic E-state index is 0.725. The molecule has 0 bridgehead atoms. The Kier molecular flexibility index (Phi) is 5.71. The first-order valence-electron chi connectivity index (χ1n) is 6.66. The lowest BCUT2D eigenvalue weighted by atomic mass is 10.1. The highest BCUT2D eigenvalue weighted by Crippen LogP contribution is 2.17. The summed E-state index contributed by atoms with van der Waals surface area (Å²) in [5, 5.41) is 9.41. The van der Waals surface area contributed by atoms with Gasteiger partial charge in [0.15, 0.2) is 0 Å². The van der Waals surface area contributed by atoms with E-state index >= 15 is 0 Å². The summed E-state index contributed by atoms with van der Waals surface area (Å²) in [6, 6.07) is 30.3. The van der Waals surface area contributed by atoms with Crippen LogP contribution in [0.3, 0.4) is 0 Å². The molecule has 0 amide bonds. The van der Waals surface area contributed by atoms with Crippen molar-refractivity contribution in [2.45, 2.75) is 0 Å². The third-order valence-electron chi connectivity index (χ3n) is 2.96. The molecule has 3 aromatic carbocycles. The van der Waals surface area contributed by atoms with Crippen molar-refractivity contribution in [1.29, 1.82) is 5.26 Å². The van der Waals surface area contributed by atoms with Gasteiger partial charge < -0.3 is 0 Å². The first-order valence-corrected chi connectivity index (χ1v) is 7.24.